The summed E-state index contributed by atoms with van der Waals surface area (Å²) in [6, 6.07) is 62.6. The van der Waals surface area contributed by atoms with Gasteiger partial charge in [0, 0.05) is 52.5 Å². The Balaban J connectivity index is 1.08. The fourth-order valence-electron chi connectivity index (χ4n) is 8.61. The van der Waals surface area contributed by atoms with E-state index in [4.69, 9.17) is 0 Å². The van der Waals surface area contributed by atoms with Crippen molar-refractivity contribution in [1.82, 2.24) is 0 Å². The maximum absolute atomic E-state index is 2.39. The molecule has 0 unspecified atom stereocenters. The second-order valence-corrected chi connectivity index (χ2v) is 16.6. The van der Waals surface area contributed by atoms with Crippen LogP contribution < -0.4 is 14.7 Å². The van der Waals surface area contributed by atoms with Gasteiger partial charge < -0.3 is 14.7 Å². The summed E-state index contributed by atoms with van der Waals surface area (Å²) in [5.74, 6) is 0. The third-order valence-corrected chi connectivity index (χ3v) is 11.8. The highest BCUT2D eigenvalue weighted by atomic mass is 15.2. The van der Waals surface area contributed by atoms with E-state index in [-0.39, 0.29) is 0 Å². The molecule has 0 N–H and O–H groups in total. The largest absolute Gasteiger partial charge is 0.344 e. The highest BCUT2D eigenvalue weighted by Crippen LogP contribution is 2.41. The molecule has 0 aliphatic heterocycles. The molecule has 3 nitrogen and oxygen atoms in total. The summed E-state index contributed by atoms with van der Waals surface area (Å²) in [4.78, 5) is 7.03. The van der Waals surface area contributed by atoms with Gasteiger partial charge in [-0.25, -0.2) is 0 Å². The lowest BCUT2D eigenvalue weighted by atomic mass is 10.0. The first kappa shape index (κ1) is 40.0. The zero-order valence-electron chi connectivity index (χ0n) is 36.5. The van der Waals surface area contributed by atoms with Crippen LogP contribution in [0.3, 0.4) is 0 Å². The predicted molar refractivity (Wildman–Crippen MR) is 259 cm³/mol. The minimum atomic E-state index is 1.12. The summed E-state index contributed by atoms with van der Waals surface area (Å²) in [5.41, 5.74) is 24.1. The molecule has 8 aromatic rings. The SMILES string of the molecule is Cc1ccc(N(C)c2ccc(-c3ccc(N(c4ccc(-c5ccc(N(c6ccc(C)cc6C)c6ccc(C)cc6C)cc5)cc4)c4ccc(C)cc4C)cc3)cc2)c(C)c1. The lowest BCUT2D eigenvalue weighted by molar-refractivity contribution is 1.18. The molecule has 0 aliphatic carbocycles. The van der Waals surface area contributed by atoms with Crippen molar-refractivity contribution in [2.75, 3.05) is 21.7 Å². The van der Waals surface area contributed by atoms with Gasteiger partial charge in [0.05, 0.1) is 0 Å². The van der Waals surface area contributed by atoms with E-state index < -0.39 is 0 Å². The van der Waals surface area contributed by atoms with Crippen LogP contribution in [0.5, 0.6) is 0 Å². The van der Waals surface area contributed by atoms with Gasteiger partial charge in [-0.3, -0.25) is 0 Å². The topological polar surface area (TPSA) is 9.72 Å². The lowest BCUT2D eigenvalue weighted by Gasteiger charge is -2.29. The molecule has 0 saturated heterocycles. The molecule has 0 amide bonds. The van der Waals surface area contributed by atoms with Crippen LogP contribution in [0, 0.1) is 55.4 Å². The van der Waals surface area contributed by atoms with E-state index in [0.717, 1.165) is 17.1 Å². The third-order valence-electron chi connectivity index (χ3n) is 11.8. The number of benzene rings is 8. The van der Waals surface area contributed by atoms with Crippen LogP contribution in [-0.4, -0.2) is 7.05 Å². The molecule has 3 heteroatoms. The predicted octanol–water partition coefficient (Wildman–Crippen LogP) is 16.2. The maximum Gasteiger partial charge on any atom is 0.0491 e. The van der Waals surface area contributed by atoms with Gasteiger partial charge in [0.2, 0.25) is 0 Å². The Kier molecular flexibility index (Phi) is 11.2. The van der Waals surface area contributed by atoms with Crippen molar-refractivity contribution in [1.29, 1.82) is 0 Å². The summed E-state index contributed by atoms with van der Waals surface area (Å²) in [6.45, 7) is 17.4. The number of hydrogen-bond donors (Lipinski definition) is 0. The van der Waals surface area contributed by atoms with E-state index >= 15 is 0 Å². The molecular formula is C57H55N3. The molecule has 60 heavy (non-hydrogen) atoms. The average molecular weight is 782 g/mol. The number of aryl methyl sites for hydroxylation is 8. The molecule has 0 spiro atoms. The van der Waals surface area contributed by atoms with Crippen LogP contribution in [0.4, 0.5) is 45.5 Å². The molecule has 0 fully saturated rings. The van der Waals surface area contributed by atoms with Gasteiger partial charge in [-0.1, -0.05) is 119 Å². The molecule has 0 aliphatic rings. The number of hydrogen-bond acceptors (Lipinski definition) is 3. The van der Waals surface area contributed by atoms with Crippen molar-refractivity contribution >= 4 is 45.5 Å². The molecule has 0 heterocycles. The van der Waals surface area contributed by atoms with E-state index in [1.807, 2.05) is 0 Å². The highest BCUT2D eigenvalue weighted by Gasteiger charge is 2.19. The van der Waals surface area contributed by atoms with Crippen molar-refractivity contribution in [3.05, 3.63) is 214 Å². The van der Waals surface area contributed by atoms with Gasteiger partial charge in [-0.15, -0.1) is 0 Å². The monoisotopic (exact) mass is 781 g/mol. The zero-order valence-corrected chi connectivity index (χ0v) is 36.5. The summed E-state index contributed by atoms with van der Waals surface area (Å²) in [7, 11) is 2.14. The van der Waals surface area contributed by atoms with Gasteiger partial charge >= 0.3 is 0 Å². The van der Waals surface area contributed by atoms with Crippen LogP contribution >= 0.6 is 0 Å². The Hall–Kier alpha value is -6.84. The Labute approximate surface area is 357 Å². The molecule has 0 radical (unpaired) electrons. The van der Waals surface area contributed by atoms with Crippen LogP contribution in [0.25, 0.3) is 22.3 Å². The van der Waals surface area contributed by atoms with Crippen LogP contribution in [-0.2, 0) is 0 Å². The molecule has 0 saturated carbocycles. The van der Waals surface area contributed by atoms with E-state index in [9.17, 15) is 0 Å². The van der Waals surface area contributed by atoms with Crippen molar-refractivity contribution in [3.8, 4) is 22.3 Å². The second kappa shape index (κ2) is 16.8. The first-order chi connectivity index (χ1) is 28.9. The van der Waals surface area contributed by atoms with E-state index in [0.29, 0.717) is 0 Å². The van der Waals surface area contributed by atoms with Crippen LogP contribution in [0.2, 0.25) is 0 Å². The highest BCUT2D eigenvalue weighted by molar-refractivity contribution is 5.84. The van der Waals surface area contributed by atoms with E-state index in [2.05, 4.69) is 247 Å². The summed E-state index contributed by atoms with van der Waals surface area (Å²) in [6.07, 6.45) is 0. The fraction of sp³-hybridized carbons (Fsp3) is 0.158. The van der Waals surface area contributed by atoms with Gasteiger partial charge in [-0.2, -0.15) is 0 Å². The fourth-order valence-corrected chi connectivity index (χ4v) is 8.61. The van der Waals surface area contributed by atoms with Gasteiger partial charge in [-0.05, 0) is 173 Å². The van der Waals surface area contributed by atoms with Gasteiger partial charge in [0.15, 0.2) is 0 Å². The van der Waals surface area contributed by atoms with Gasteiger partial charge in [0.25, 0.3) is 0 Å². The number of anilines is 8. The molecule has 0 bridgehead atoms. The molecule has 8 rings (SSSR count). The third kappa shape index (κ3) is 8.22. The minimum Gasteiger partial charge on any atom is -0.344 e. The standard InChI is InChI=1S/C57H55N3/c1-38-10-30-54(42(5)34-38)58(9)50-22-14-46(15-23-50)47-16-24-51(25-17-47)59(55-31-11-39(2)35-43(55)6)52-26-18-48(19-27-52)49-20-28-53(29-21-49)60(56-32-12-40(3)36-44(56)7)57-33-13-41(4)37-45(57)8/h10-37H,1-9H3. The Morgan fingerprint density at radius 3 is 0.800 bits per heavy atom. The van der Waals surface area contributed by atoms with Crippen molar-refractivity contribution in [2.24, 2.45) is 0 Å². The van der Waals surface area contributed by atoms with Crippen LogP contribution in [0.1, 0.15) is 44.5 Å². The van der Waals surface area contributed by atoms with Crippen molar-refractivity contribution in [2.45, 2.75) is 55.4 Å². The van der Waals surface area contributed by atoms with Gasteiger partial charge in [0.1, 0.15) is 0 Å². The number of rotatable bonds is 10. The number of nitrogens with zero attached hydrogens (tertiary/aromatic N) is 3. The second-order valence-electron chi connectivity index (χ2n) is 16.6. The Morgan fingerprint density at radius 1 is 0.250 bits per heavy atom. The average Bonchev–Trinajstić information content (AvgIpc) is 3.24. The molecule has 0 atom stereocenters. The Morgan fingerprint density at radius 2 is 0.500 bits per heavy atom. The first-order valence-electron chi connectivity index (χ1n) is 21.0. The first-order valence-corrected chi connectivity index (χ1v) is 21.0. The maximum atomic E-state index is 2.39. The summed E-state index contributed by atoms with van der Waals surface area (Å²) < 4.78 is 0. The summed E-state index contributed by atoms with van der Waals surface area (Å²) >= 11 is 0. The zero-order chi connectivity index (χ0) is 42.1. The summed E-state index contributed by atoms with van der Waals surface area (Å²) in [5, 5.41) is 0. The van der Waals surface area contributed by atoms with E-state index in [1.54, 1.807) is 0 Å². The molecular weight excluding hydrogens is 727 g/mol. The van der Waals surface area contributed by atoms with Crippen LogP contribution in [0.15, 0.2) is 170 Å². The molecule has 8 aromatic carbocycles. The lowest BCUT2D eigenvalue weighted by Crippen LogP contribution is -2.13. The molecule has 298 valence electrons. The van der Waals surface area contributed by atoms with Crippen molar-refractivity contribution in [3.63, 3.8) is 0 Å². The Bertz CT molecular complexity index is 2730. The van der Waals surface area contributed by atoms with Crippen molar-refractivity contribution < 1.29 is 0 Å². The molecule has 0 aromatic heterocycles. The normalized spacial score (nSPS) is 11.1. The minimum absolute atomic E-state index is 1.12. The van der Waals surface area contributed by atoms with E-state index in [1.165, 1.54) is 95.2 Å². The smallest absolute Gasteiger partial charge is 0.0491 e. The quantitative estimate of drug-likeness (QED) is 0.137.